The summed E-state index contributed by atoms with van der Waals surface area (Å²) >= 11 is 0. The van der Waals surface area contributed by atoms with Crippen LogP contribution in [0, 0.1) is 12.8 Å². The Balaban J connectivity index is 1.82. The molecule has 7 nitrogen and oxygen atoms in total. The van der Waals surface area contributed by atoms with Gasteiger partial charge in [0.15, 0.2) is 5.65 Å². The van der Waals surface area contributed by atoms with Crippen LogP contribution < -0.4 is 10.6 Å². The smallest absolute Gasteiger partial charge is 0.229 e. The molecule has 2 N–H and O–H groups in total. The first-order valence-corrected chi connectivity index (χ1v) is 6.41. The van der Waals surface area contributed by atoms with E-state index in [0.717, 1.165) is 16.7 Å². The lowest BCUT2D eigenvalue weighted by Gasteiger charge is -2.08. The molecule has 0 radical (unpaired) electrons. The van der Waals surface area contributed by atoms with E-state index in [1.54, 1.807) is 10.9 Å². The number of rotatable bonds is 2. The van der Waals surface area contributed by atoms with Gasteiger partial charge in [-0.1, -0.05) is 0 Å². The van der Waals surface area contributed by atoms with E-state index < -0.39 is 0 Å². The van der Waals surface area contributed by atoms with Crippen molar-refractivity contribution in [1.29, 1.82) is 0 Å². The molecule has 20 heavy (non-hydrogen) atoms. The van der Waals surface area contributed by atoms with E-state index in [0.29, 0.717) is 12.2 Å². The maximum Gasteiger partial charge on any atom is 0.229 e. The second kappa shape index (κ2) is 4.59. The second-order valence-corrected chi connectivity index (χ2v) is 5.00. The Labute approximate surface area is 115 Å². The number of anilines is 1. The number of fused-ring (bicyclic) bond motifs is 1. The van der Waals surface area contributed by atoms with Gasteiger partial charge in [-0.05, 0) is 13.0 Å². The lowest BCUT2D eigenvalue weighted by molar-refractivity contribution is -0.123. The van der Waals surface area contributed by atoms with Gasteiger partial charge in [-0.3, -0.25) is 14.3 Å². The lowest BCUT2D eigenvalue weighted by atomic mass is 10.1. The van der Waals surface area contributed by atoms with Crippen molar-refractivity contribution in [2.24, 2.45) is 13.0 Å². The Morgan fingerprint density at radius 3 is 3.05 bits per heavy atom. The molecule has 0 spiro atoms. The zero-order valence-electron chi connectivity index (χ0n) is 11.3. The fourth-order valence-corrected chi connectivity index (χ4v) is 2.41. The third kappa shape index (κ3) is 2.11. The van der Waals surface area contributed by atoms with Gasteiger partial charge in [0.25, 0.3) is 0 Å². The summed E-state index contributed by atoms with van der Waals surface area (Å²) < 4.78 is 1.70. The van der Waals surface area contributed by atoms with E-state index in [2.05, 4.69) is 20.7 Å². The predicted molar refractivity (Wildman–Crippen MR) is 73.0 cm³/mol. The molecule has 0 aromatic carbocycles. The molecule has 2 aromatic heterocycles. The second-order valence-electron chi connectivity index (χ2n) is 5.00. The molecule has 1 fully saturated rings. The highest BCUT2D eigenvalue weighted by Crippen LogP contribution is 2.20. The van der Waals surface area contributed by atoms with Gasteiger partial charge in [0, 0.05) is 25.4 Å². The van der Waals surface area contributed by atoms with Crippen LogP contribution in [0.4, 0.5) is 5.69 Å². The summed E-state index contributed by atoms with van der Waals surface area (Å²) in [4.78, 5) is 27.5. The summed E-state index contributed by atoms with van der Waals surface area (Å²) in [5.74, 6) is -0.555. The Morgan fingerprint density at radius 2 is 2.35 bits per heavy atom. The summed E-state index contributed by atoms with van der Waals surface area (Å²) in [6, 6.07) is 1.85. The molecule has 0 saturated carbocycles. The number of aryl methyl sites for hydroxylation is 2. The molecule has 1 aliphatic heterocycles. The fourth-order valence-electron chi connectivity index (χ4n) is 2.41. The molecule has 2 aromatic rings. The van der Waals surface area contributed by atoms with Gasteiger partial charge in [0.05, 0.1) is 23.5 Å². The molecule has 0 aliphatic carbocycles. The van der Waals surface area contributed by atoms with E-state index in [1.807, 2.05) is 20.0 Å². The van der Waals surface area contributed by atoms with Crippen molar-refractivity contribution in [3.63, 3.8) is 0 Å². The largest absolute Gasteiger partial charge is 0.355 e. The van der Waals surface area contributed by atoms with Crippen LogP contribution in [0.3, 0.4) is 0 Å². The summed E-state index contributed by atoms with van der Waals surface area (Å²) in [5.41, 5.74) is 2.26. The van der Waals surface area contributed by atoms with Crippen LogP contribution in [0.25, 0.3) is 11.0 Å². The fraction of sp³-hybridized carbons (Fsp3) is 0.385. The van der Waals surface area contributed by atoms with Crippen LogP contribution in [0.1, 0.15) is 12.1 Å². The van der Waals surface area contributed by atoms with Crippen LogP contribution in [0.2, 0.25) is 0 Å². The standard InChI is InChI=1S/C13H15N5O2/c1-7-10-4-9(6-15-12(10)18(2)17-7)16-13(20)8-3-11(19)14-5-8/h4,6,8H,3,5H2,1-2H3,(H,14,19)(H,16,20). The highest BCUT2D eigenvalue weighted by molar-refractivity contribution is 5.98. The minimum atomic E-state index is -0.312. The number of nitrogens with zero attached hydrogens (tertiary/aromatic N) is 3. The van der Waals surface area contributed by atoms with Crippen molar-refractivity contribution in [3.8, 4) is 0 Å². The van der Waals surface area contributed by atoms with Gasteiger partial charge in [-0.15, -0.1) is 0 Å². The quantitative estimate of drug-likeness (QED) is 0.826. The molecule has 104 valence electrons. The van der Waals surface area contributed by atoms with Crippen LogP contribution in [0.5, 0.6) is 0 Å². The summed E-state index contributed by atoms with van der Waals surface area (Å²) in [5, 5.41) is 10.6. The molecule has 1 unspecified atom stereocenters. The van der Waals surface area contributed by atoms with E-state index >= 15 is 0 Å². The van der Waals surface area contributed by atoms with Gasteiger partial charge in [0.1, 0.15) is 0 Å². The Morgan fingerprint density at radius 1 is 1.55 bits per heavy atom. The highest BCUT2D eigenvalue weighted by atomic mass is 16.2. The maximum atomic E-state index is 12.0. The number of amides is 2. The Bertz CT molecular complexity index is 706. The Hall–Kier alpha value is -2.44. The monoisotopic (exact) mass is 273 g/mol. The topological polar surface area (TPSA) is 88.9 Å². The average Bonchev–Trinajstić information content (AvgIpc) is 2.95. The minimum absolute atomic E-state index is 0.0816. The molecule has 7 heteroatoms. The average molecular weight is 273 g/mol. The van der Waals surface area contributed by atoms with Gasteiger partial charge in [0.2, 0.25) is 11.8 Å². The summed E-state index contributed by atoms with van der Waals surface area (Å²) in [7, 11) is 1.83. The zero-order chi connectivity index (χ0) is 14.3. The normalized spacial score (nSPS) is 18.3. The molecule has 1 atom stereocenters. The van der Waals surface area contributed by atoms with Crippen LogP contribution >= 0.6 is 0 Å². The van der Waals surface area contributed by atoms with Crippen molar-refractivity contribution >= 4 is 28.5 Å². The SMILES string of the molecule is Cc1nn(C)c2ncc(NC(=O)C3CNC(=O)C3)cc12. The number of hydrogen-bond acceptors (Lipinski definition) is 4. The van der Waals surface area contributed by atoms with Crippen molar-refractivity contribution in [1.82, 2.24) is 20.1 Å². The van der Waals surface area contributed by atoms with Gasteiger partial charge < -0.3 is 10.6 Å². The summed E-state index contributed by atoms with van der Waals surface area (Å²) in [6.07, 6.45) is 1.85. The van der Waals surface area contributed by atoms with Crippen molar-refractivity contribution in [2.45, 2.75) is 13.3 Å². The lowest BCUT2D eigenvalue weighted by Crippen LogP contribution is -2.24. The zero-order valence-corrected chi connectivity index (χ0v) is 11.3. The number of aromatic nitrogens is 3. The first-order chi connectivity index (χ1) is 9.54. The number of carbonyl (C=O) groups is 2. The Kier molecular flexibility index (Phi) is 2.89. The van der Waals surface area contributed by atoms with Crippen LogP contribution in [-0.2, 0) is 16.6 Å². The first-order valence-electron chi connectivity index (χ1n) is 6.41. The molecular weight excluding hydrogens is 258 g/mol. The third-order valence-corrected chi connectivity index (χ3v) is 3.48. The van der Waals surface area contributed by atoms with E-state index in [-0.39, 0.29) is 24.2 Å². The third-order valence-electron chi connectivity index (χ3n) is 3.48. The van der Waals surface area contributed by atoms with Gasteiger partial charge in [-0.2, -0.15) is 5.10 Å². The molecule has 3 rings (SSSR count). The van der Waals surface area contributed by atoms with E-state index in [1.165, 1.54) is 0 Å². The first kappa shape index (κ1) is 12.6. The molecule has 1 saturated heterocycles. The summed E-state index contributed by atoms with van der Waals surface area (Å²) in [6.45, 7) is 2.29. The van der Waals surface area contributed by atoms with Crippen molar-refractivity contribution in [2.75, 3.05) is 11.9 Å². The maximum absolute atomic E-state index is 12.0. The molecular formula is C13H15N5O2. The van der Waals surface area contributed by atoms with Crippen LogP contribution in [0.15, 0.2) is 12.3 Å². The van der Waals surface area contributed by atoms with Crippen molar-refractivity contribution in [3.05, 3.63) is 18.0 Å². The van der Waals surface area contributed by atoms with E-state index in [9.17, 15) is 9.59 Å². The number of hydrogen-bond donors (Lipinski definition) is 2. The number of carbonyl (C=O) groups excluding carboxylic acids is 2. The highest BCUT2D eigenvalue weighted by Gasteiger charge is 2.28. The van der Waals surface area contributed by atoms with E-state index in [4.69, 9.17) is 0 Å². The minimum Gasteiger partial charge on any atom is -0.355 e. The van der Waals surface area contributed by atoms with Gasteiger partial charge in [-0.25, -0.2) is 4.98 Å². The molecule has 1 aliphatic rings. The molecule has 3 heterocycles. The van der Waals surface area contributed by atoms with Crippen LogP contribution in [-0.4, -0.2) is 33.1 Å². The van der Waals surface area contributed by atoms with Gasteiger partial charge >= 0.3 is 0 Å². The number of nitrogens with one attached hydrogen (secondary N) is 2. The molecule has 0 bridgehead atoms. The number of pyridine rings is 1. The predicted octanol–water partition coefficient (Wildman–Crippen LogP) is 0.351. The van der Waals surface area contributed by atoms with Crippen molar-refractivity contribution < 1.29 is 9.59 Å². The molecule has 2 amide bonds.